The van der Waals surface area contributed by atoms with Crippen molar-refractivity contribution in [2.45, 2.75) is 34.1 Å². The summed E-state index contributed by atoms with van der Waals surface area (Å²) in [5.41, 5.74) is 0.437. The summed E-state index contributed by atoms with van der Waals surface area (Å²) in [6, 6.07) is 0. The highest BCUT2D eigenvalue weighted by Gasteiger charge is 2.59. The minimum Gasteiger partial charge on any atom is -0.299 e. The Bertz CT molecular complexity index is 209. The third-order valence-electron chi connectivity index (χ3n) is 4.52. The zero-order valence-corrected chi connectivity index (χ0v) is 8.42. The van der Waals surface area contributed by atoms with E-state index in [1.54, 1.807) is 0 Å². The minimum atomic E-state index is 0.319. The Morgan fingerprint density at radius 2 is 1.58 bits per heavy atom. The molecule has 3 aliphatic carbocycles. The molecule has 68 valence electrons. The van der Waals surface area contributed by atoms with Gasteiger partial charge in [-0.1, -0.05) is 27.7 Å². The van der Waals surface area contributed by atoms with Gasteiger partial charge in [-0.15, -0.1) is 0 Å². The zero-order valence-electron chi connectivity index (χ0n) is 8.42. The standard InChI is InChI=1S/C11H18O/c1-6-8-5-9(11(8,3)4)7(2)10(6)12/h6-9H,5H2,1-4H3. The van der Waals surface area contributed by atoms with Crippen LogP contribution >= 0.6 is 0 Å². The summed E-state index contributed by atoms with van der Waals surface area (Å²) >= 11 is 0. The van der Waals surface area contributed by atoms with Crippen molar-refractivity contribution in [1.29, 1.82) is 0 Å². The van der Waals surface area contributed by atoms with Crippen molar-refractivity contribution in [3.63, 3.8) is 0 Å². The molecular formula is C11H18O. The lowest BCUT2D eigenvalue weighted by Crippen LogP contribution is -2.59. The predicted octanol–water partition coefficient (Wildman–Crippen LogP) is 2.50. The molecule has 2 bridgehead atoms. The van der Waals surface area contributed by atoms with E-state index in [1.807, 2.05) is 0 Å². The van der Waals surface area contributed by atoms with E-state index in [0.717, 1.165) is 0 Å². The van der Waals surface area contributed by atoms with E-state index in [2.05, 4.69) is 27.7 Å². The van der Waals surface area contributed by atoms with Crippen molar-refractivity contribution in [2.75, 3.05) is 0 Å². The number of carbonyl (C=O) groups excluding carboxylic acids is 1. The molecule has 0 aliphatic heterocycles. The van der Waals surface area contributed by atoms with Crippen LogP contribution in [0.5, 0.6) is 0 Å². The lowest BCUT2D eigenvalue weighted by atomic mass is 9.43. The Balaban J connectivity index is 2.30. The van der Waals surface area contributed by atoms with Crippen LogP contribution in [0.2, 0.25) is 0 Å². The van der Waals surface area contributed by atoms with E-state index in [1.165, 1.54) is 6.42 Å². The van der Waals surface area contributed by atoms with Gasteiger partial charge in [0.15, 0.2) is 0 Å². The van der Waals surface area contributed by atoms with Crippen molar-refractivity contribution in [3.8, 4) is 0 Å². The Kier molecular flexibility index (Phi) is 1.47. The Labute approximate surface area is 74.5 Å². The van der Waals surface area contributed by atoms with Gasteiger partial charge in [-0.25, -0.2) is 0 Å². The summed E-state index contributed by atoms with van der Waals surface area (Å²) in [6.45, 7) is 8.87. The first kappa shape index (κ1) is 8.28. The molecule has 0 aromatic rings. The highest BCUT2D eigenvalue weighted by atomic mass is 16.1. The van der Waals surface area contributed by atoms with Crippen molar-refractivity contribution < 1.29 is 4.79 Å². The van der Waals surface area contributed by atoms with Gasteiger partial charge in [-0.3, -0.25) is 4.79 Å². The molecule has 0 saturated heterocycles. The molecule has 0 amide bonds. The molecule has 3 rings (SSSR count). The highest BCUT2D eigenvalue weighted by molar-refractivity contribution is 5.85. The fourth-order valence-corrected chi connectivity index (χ4v) is 3.50. The molecule has 4 unspecified atom stereocenters. The largest absolute Gasteiger partial charge is 0.299 e. The number of carbonyl (C=O) groups is 1. The van der Waals surface area contributed by atoms with Gasteiger partial charge in [0, 0.05) is 11.8 Å². The molecule has 3 aliphatic rings. The smallest absolute Gasteiger partial charge is 0.139 e. The quantitative estimate of drug-likeness (QED) is 0.540. The molecule has 0 aromatic carbocycles. The monoisotopic (exact) mass is 166 g/mol. The van der Waals surface area contributed by atoms with E-state index in [9.17, 15) is 4.79 Å². The number of rotatable bonds is 0. The van der Waals surface area contributed by atoms with Gasteiger partial charge in [0.2, 0.25) is 0 Å². The highest BCUT2D eigenvalue weighted by Crippen LogP contribution is 2.61. The van der Waals surface area contributed by atoms with Crippen LogP contribution in [0.3, 0.4) is 0 Å². The van der Waals surface area contributed by atoms with E-state index in [4.69, 9.17) is 0 Å². The number of ketones is 1. The summed E-state index contributed by atoms with van der Waals surface area (Å²) in [5.74, 6) is 2.49. The van der Waals surface area contributed by atoms with Crippen molar-refractivity contribution in [1.82, 2.24) is 0 Å². The normalized spacial score (nSPS) is 50.2. The second kappa shape index (κ2) is 2.12. The summed E-state index contributed by atoms with van der Waals surface area (Å²) < 4.78 is 0. The lowest BCUT2D eigenvalue weighted by molar-refractivity contribution is -0.166. The first-order chi connectivity index (χ1) is 5.46. The maximum atomic E-state index is 11.7. The molecule has 1 nitrogen and oxygen atoms in total. The number of Topliss-reactive ketones (excluding diaryl/α,β-unsaturated/α-hetero) is 1. The average Bonchev–Trinajstić information content (AvgIpc) is 1.98. The molecule has 0 radical (unpaired) electrons. The van der Waals surface area contributed by atoms with Gasteiger partial charge in [0.05, 0.1) is 0 Å². The number of hydrogen-bond acceptors (Lipinski definition) is 1. The van der Waals surface area contributed by atoms with Gasteiger partial charge in [-0.2, -0.15) is 0 Å². The van der Waals surface area contributed by atoms with Gasteiger partial charge < -0.3 is 0 Å². The minimum absolute atomic E-state index is 0.319. The van der Waals surface area contributed by atoms with Gasteiger partial charge in [0.25, 0.3) is 0 Å². The van der Waals surface area contributed by atoms with Gasteiger partial charge >= 0.3 is 0 Å². The first-order valence-corrected chi connectivity index (χ1v) is 5.00. The fraction of sp³-hybridized carbons (Fsp3) is 0.909. The fourth-order valence-electron chi connectivity index (χ4n) is 3.50. The van der Waals surface area contributed by atoms with Crippen molar-refractivity contribution in [3.05, 3.63) is 0 Å². The molecule has 1 heteroatoms. The van der Waals surface area contributed by atoms with Gasteiger partial charge in [0.1, 0.15) is 5.78 Å². The molecule has 4 atom stereocenters. The average molecular weight is 166 g/mol. The third-order valence-corrected chi connectivity index (χ3v) is 4.52. The lowest BCUT2D eigenvalue weighted by Gasteiger charge is -2.61. The summed E-state index contributed by atoms with van der Waals surface area (Å²) in [7, 11) is 0. The van der Waals surface area contributed by atoms with Crippen molar-refractivity contribution >= 4 is 5.78 Å². The third kappa shape index (κ3) is 0.725. The van der Waals surface area contributed by atoms with Crippen LogP contribution < -0.4 is 0 Å². The Hall–Kier alpha value is -0.330. The molecule has 0 heterocycles. The van der Waals surface area contributed by atoms with E-state index in [-0.39, 0.29) is 0 Å². The molecule has 12 heavy (non-hydrogen) atoms. The van der Waals surface area contributed by atoms with Crippen LogP contribution in [-0.4, -0.2) is 5.78 Å². The van der Waals surface area contributed by atoms with Crippen LogP contribution in [0.4, 0.5) is 0 Å². The Morgan fingerprint density at radius 1 is 1.17 bits per heavy atom. The maximum absolute atomic E-state index is 11.7. The molecule has 0 N–H and O–H groups in total. The topological polar surface area (TPSA) is 17.1 Å². The number of fused-ring (bicyclic) bond motifs is 2. The van der Waals surface area contributed by atoms with Crippen LogP contribution in [0.1, 0.15) is 34.1 Å². The molecule has 0 aromatic heterocycles. The molecule has 3 saturated carbocycles. The van der Waals surface area contributed by atoms with Crippen LogP contribution in [-0.2, 0) is 4.79 Å². The van der Waals surface area contributed by atoms with Crippen LogP contribution in [0.15, 0.2) is 0 Å². The second-order valence-electron chi connectivity index (χ2n) is 5.25. The molecule has 0 spiro atoms. The van der Waals surface area contributed by atoms with Crippen molar-refractivity contribution in [2.24, 2.45) is 29.1 Å². The van der Waals surface area contributed by atoms with Crippen LogP contribution in [0.25, 0.3) is 0 Å². The number of hydrogen-bond donors (Lipinski definition) is 0. The zero-order chi connectivity index (χ0) is 9.09. The van der Waals surface area contributed by atoms with Crippen LogP contribution in [0, 0.1) is 29.1 Å². The molecule has 3 fully saturated rings. The molecular weight excluding hydrogens is 148 g/mol. The summed E-state index contributed by atoms with van der Waals surface area (Å²) in [6.07, 6.45) is 1.29. The second-order valence-corrected chi connectivity index (χ2v) is 5.25. The first-order valence-electron chi connectivity index (χ1n) is 5.00. The van der Waals surface area contributed by atoms with Gasteiger partial charge in [-0.05, 0) is 23.7 Å². The Morgan fingerprint density at radius 3 is 1.92 bits per heavy atom. The summed E-state index contributed by atoms with van der Waals surface area (Å²) in [5, 5.41) is 0. The SMILES string of the molecule is CC1C(=O)C(C)C2CC1C2(C)C. The van der Waals surface area contributed by atoms with E-state index < -0.39 is 0 Å². The predicted molar refractivity (Wildman–Crippen MR) is 48.7 cm³/mol. The van der Waals surface area contributed by atoms with E-state index in [0.29, 0.717) is 34.9 Å². The van der Waals surface area contributed by atoms with E-state index >= 15 is 0 Å². The maximum Gasteiger partial charge on any atom is 0.139 e. The summed E-state index contributed by atoms with van der Waals surface area (Å²) in [4.78, 5) is 11.7.